The van der Waals surface area contributed by atoms with Crippen molar-refractivity contribution < 1.29 is 14.7 Å². The van der Waals surface area contributed by atoms with Crippen LogP contribution in [0, 0.1) is 46.3 Å². The molecule has 0 aliphatic heterocycles. The van der Waals surface area contributed by atoms with Gasteiger partial charge in [-0.1, -0.05) is 65.5 Å². The first-order chi connectivity index (χ1) is 17.0. The van der Waals surface area contributed by atoms with Gasteiger partial charge in [0.25, 0.3) is 0 Å². The average molecular weight is 518 g/mol. The van der Waals surface area contributed by atoms with Gasteiger partial charge in [0.2, 0.25) is 5.91 Å². The summed E-state index contributed by atoms with van der Waals surface area (Å²) in [5.74, 6) is 4.44. The third-order valence-electron chi connectivity index (χ3n) is 11.1. The second-order valence-electron chi connectivity index (χ2n) is 13.7. The van der Waals surface area contributed by atoms with Crippen molar-refractivity contribution in [3.05, 3.63) is 11.6 Å². The number of carbonyl (C=O) groups excluding carboxylic acids is 1. The van der Waals surface area contributed by atoms with Gasteiger partial charge in [0.1, 0.15) is 0 Å². The van der Waals surface area contributed by atoms with Crippen LogP contribution in [0.15, 0.2) is 11.6 Å². The second kappa shape index (κ2) is 11.4. The van der Waals surface area contributed by atoms with Crippen molar-refractivity contribution in [3.8, 4) is 0 Å². The molecule has 0 aromatic heterocycles. The van der Waals surface area contributed by atoms with Crippen LogP contribution in [-0.2, 0) is 9.59 Å². The standard InChI is InChI=1S/C31H51NO3S/c1-20(2)7-6-8-21(3)25-11-12-26-24-10-9-22-17-23(32-28(33)18-36-19-29(34)35)13-15-30(22,4)27(24)14-16-31(25,26)5/h9,20-21,23-27H,6-8,10-19H2,1-5H3,(H,32,33)(H,34,35)/t21-,23+,24?,25-,26?,27?,30+,31-/m1/s1. The van der Waals surface area contributed by atoms with Crippen molar-refractivity contribution >= 4 is 23.6 Å². The number of thioether (sulfide) groups is 1. The number of carboxylic acids is 1. The zero-order chi connectivity index (χ0) is 26.1. The van der Waals surface area contributed by atoms with E-state index in [1.54, 1.807) is 5.57 Å². The number of rotatable bonds is 10. The van der Waals surface area contributed by atoms with E-state index in [9.17, 15) is 9.59 Å². The van der Waals surface area contributed by atoms with Gasteiger partial charge in [-0.3, -0.25) is 9.59 Å². The highest BCUT2D eigenvalue weighted by Gasteiger charge is 2.59. The Labute approximate surface area is 224 Å². The first kappa shape index (κ1) is 28.0. The van der Waals surface area contributed by atoms with Gasteiger partial charge >= 0.3 is 5.97 Å². The Bertz CT molecular complexity index is 840. The van der Waals surface area contributed by atoms with Crippen molar-refractivity contribution in [3.63, 3.8) is 0 Å². The first-order valence-electron chi connectivity index (χ1n) is 14.8. The van der Waals surface area contributed by atoms with E-state index in [0.717, 1.165) is 48.3 Å². The molecule has 0 spiro atoms. The number of hydrogen-bond donors (Lipinski definition) is 2. The van der Waals surface area contributed by atoms with Crippen molar-refractivity contribution in [2.75, 3.05) is 11.5 Å². The Morgan fingerprint density at radius 3 is 2.56 bits per heavy atom. The minimum atomic E-state index is -0.860. The van der Waals surface area contributed by atoms with Crippen LogP contribution >= 0.6 is 11.8 Å². The second-order valence-corrected chi connectivity index (χ2v) is 14.7. The molecule has 4 rings (SSSR count). The zero-order valence-electron chi connectivity index (χ0n) is 23.5. The highest BCUT2D eigenvalue weighted by atomic mass is 32.2. The van der Waals surface area contributed by atoms with E-state index in [1.807, 2.05) is 0 Å². The van der Waals surface area contributed by atoms with Gasteiger partial charge in [0.05, 0.1) is 11.5 Å². The third-order valence-corrected chi connectivity index (χ3v) is 12.0. The molecule has 2 N–H and O–H groups in total. The van der Waals surface area contributed by atoms with Gasteiger partial charge in [0, 0.05) is 6.04 Å². The van der Waals surface area contributed by atoms with Crippen LogP contribution < -0.4 is 5.32 Å². The maximum atomic E-state index is 12.4. The summed E-state index contributed by atoms with van der Waals surface area (Å²) in [6, 6.07) is 0.204. The first-order valence-corrected chi connectivity index (χ1v) is 16.0. The van der Waals surface area contributed by atoms with Crippen molar-refractivity contribution in [1.82, 2.24) is 5.32 Å². The molecule has 0 saturated heterocycles. The van der Waals surface area contributed by atoms with E-state index in [0.29, 0.717) is 10.8 Å². The number of carbonyl (C=O) groups is 2. The predicted molar refractivity (Wildman–Crippen MR) is 150 cm³/mol. The van der Waals surface area contributed by atoms with E-state index in [1.165, 1.54) is 69.5 Å². The molecule has 0 aromatic rings. The fourth-order valence-corrected chi connectivity index (χ4v) is 9.85. The van der Waals surface area contributed by atoms with E-state index < -0.39 is 5.97 Å². The minimum absolute atomic E-state index is 0.0119. The molecule has 3 saturated carbocycles. The number of amides is 1. The molecule has 0 aromatic carbocycles. The maximum absolute atomic E-state index is 12.4. The Morgan fingerprint density at radius 2 is 1.83 bits per heavy atom. The molecule has 0 bridgehead atoms. The lowest BCUT2D eigenvalue weighted by Crippen LogP contribution is -2.52. The smallest absolute Gasteiger partial charge is 0.313 e. The van der Waals surface area contributed by atoms with E-state index in [-0.39, 0.29) is 23.5 Å². The molecular weight excluding hydrogens is 466 g/mol. The fourth-order valence-electron chi connectivity index (χ4n) is 9.31. The number of aliphatic carboxylic acids is 1. The minimum Gasteiger partial charge on any atom is -0.481 e. The molecule has 4 aliphatic carbocycles. The molecule has 0 heterocycles. The molecule has 5 heteroatoms. The lowest BCUT2D eigenvalue weighted by molar-refractivity contribution is -0.133. The van der Waals surface area contributed by atoms with Crippen LogP contribution in [0.5, 0.6) is 0 Å². The number of hydrogen-bond acceptors (Lipinski definition) is 3. The van der Waals surface area contributed by atoms with Gasteiger partial charge in [-0.15, -0.1) is 11.8 Å². The van der Waals surface area contributed by atoms with Gasteiger partial charge < -0.3 is 10.4 Å². The maximum Gasteiger partial charge on any atom is 0.313 e. The zero-order valence-corrected chi connectivity index (χ0v) is 24.3. The van der Waals surface area contributed by atoms with Gasteiger partial charge in [-0.2, -0.15) is 0 Å². The molecule has 36 heavy (non-hydrogen) atoms. The van der Waals surface area contributed by atoms with Crippen LogP contribution in [0.3, 0.4) is 0 Å². The number of allylic oxidation sites excluding steroid dienone is 1. The van der Waals surface area contributed by atoms with Crippen LogP contribution in [0.25, 0.3) is 0 Å². The highest BCUT2D eigenvalue weighted by molar-refractivity contribution is 8.00. The Morgan fingerprint density at radius 1 is 1.06 bits per heavy atom. The van der Waals surface area contributed by atoms with Crippen molar-refractivity contribution in [2.24, 2.45) is 46.3 Å². The van der Waals surface area contributed by atoms with Crippen LogP contribution in [-0.4, -0.2) is 34.5 Å². The summed E-state index contributed by atoms with van der Waals surface area (Å²) in [4.78, 5) is 23.1. The van der Waals surface area contributed by atoms with Crippen LogP contribution in [0.4, 0.5) is 0 Å². The van der Waals surface area contributed by atoms with E-state index in [2.05, 4.69) is 46.0 Å². The van der Waals surface area contributed by atoms with Gasteiger partial charge in [-0.25, -0.2) is 0 Å². The van der Waals surface area contributed by atoms with Gasteiger partial charge in [-0.05, 0) is 97.7 Å². The highest BCUT2D eigenvalue weighted by Crippen LogP contribution is 2.67. The topological polar surface area (TPSA) is 66.4 Å². The Kier molecular flexibility index (Phi) is 8.89. The average Bonchev–Trinajstić information content (AvgIpc) is 3.16. The molecular formula is C31H51NO3S. The number of nitrogens with one attached hydrogen (secondary N) is 1. The predicted octanol–water partition coefficient (Wildman–Crippen LogP) is 7.33. The quantitative estimate of drug-likeness (QED) is 0.298. The SMILES string of the molecule is CC(C)CCC[C@@H](C)[C@H]1CCC2C3CC=C4C[C@@H](NC(=O)CSCC(=O)O)CC[C@]4(C)C3CC[C@@]21C. The molecule has 8 atom stereocenters. The normalized spacial score (nSPS) is 38.5. The Hall–Kier alpha value is -0.970. The molecule has 1 amide bonds. The summed E-state index contributed by atoms with van der Waals surface area (Å²) in [6.45, 7) is 12.5. The number of carboxylic acid groups (broad SMARTS) is 1. The lowest BCUT2D eigenvalue weighted by Gasteiger charge is -2.58. The molecule has 204 valence electrons. The summed E-state index contributed by atoms with van der Waals surface area (Å²) < 4.78 is 0. The molecule has 0 radical (unpaired) electrons. The summed E-state index contributed by atoms with van der Waals surface area (Å²) in [6.07, 6.45) is 16.8. The molecule has 3 fully saturated rings. The fraction of sp³-hybridized carbons (Fsp3) is 0.871. The molecule has 4 nitrogen and oxygen atoms in total. The Balaban J connectivity index is 1.38. The number of fused-ring (bicyclic) bond motifs is 5. The van der Waals surface area contributed by atoms with Crippen molar-refractivity contribution in [2.45, 2.75) is 111 Å². The molecule has 4 aliphatic rings. The monoisotopic (exact) mass is 517 g/mol. The summed E-state index contributed by atoms with van der Waals surface area (Å²) in [5.41, 5.74) is 2.42. The largest absolute Gasteiger partial charge is 0.481 e. The third kappa shape index (κ3) is 5.71. The lowest BCUT2D eigenvalue weighted by atomic mass is 9.47. The van der Waals surface area contributed by atoms with Crippen LogP contribution in [0.1, 0.15) is 105 Å². The van der Waals surface area contributed by atoms with Crippen LogP contribution in [0.2, 0.25) is 0 Å². The van der Waals surface area contributed by atoms with E-state index >= 15 is 0 Å². The van der Waals surface area contributed by atoms with E-state index in [4.69, 9.17) is 5.11 Å². The molecule has 3 unspecified atom stereocenters. The summed E-state index contributed by atoms with van der Waals surface area (Å²) in [7, 11) is 0. The summed E-state index contributed by atoms with van der Waals surface area (Å²) in [5, 5.41) is 12.0. The van der Waals surface area contributed by atoms with Crippen molar-refractivity contribution in [1.29, 1.82) is 0 Å². The van der Waals surface area contributed by atoms with Gasteiger partial charge in [0.15, 0.2) is 0 Å². The summed E-state index contributed by atoms with van der Waals surface area (Å²) >= 11 is 1.18.